The largest absolute Gasteiger partial charge is 0.455 e. The van der Waals surface area contributed by atoms with Crippen LogP contribution in [0.15, 0.2) is 64.1 Å². The number of amides is 6. The van der Waals surface area contributed by atoms with Crippen molar-refractivity contribution in [1.82, 2.24) is 50.8 Å². The minimum atomic E-state index is -0.820. The molecule has 6 amide bonds. The zero-order chi connectivity index (χ0) is 75.1. The minimum absolute atomic E-state index is 0. The summed E-state index contributed by atoms with van der Waals surface area (Å²) in [5.74, 6) is -2.15. The van der Waals surface area contributed by atoms with Gasteiger partial charge in [0.15, 0.2) is 6.10 Å². The van der Waals surface area contributed by atoms with Crippen molar-refractivity contribution in [3.63, 3.8) is 0 Å². The van der Waals surface area contributed by atoms with Crippen LogP contribution in [0.1, 0.15) is 219 Å². The van der Waals surface area contributed by atoms with Gasteiger partial charge in [-0.1, -0.05) is 119 Å². The Labute approximate surface area is 675 Å². The SMILES string of the molecule is [3H]c1[c-]cc(CC(CC(C)C(C)=O)NC(=O)c2csc([CH-]CC(C(C)C)N(CC)C(=O)C(NC(=O)C3CCCN3C)C(C)CC)n2)cc1S.[3H]c1ccc(CC(CC(C)C(C)=O)NC(=O)c2csc(C(CC(C(C)C)N(CC)C(=O)C(NC(=O)C3CCCN3C)C(C)CC)OC(C)=O)n2)cc1.[U].[V].[W]. The first-order valence-corrected chi connectivity index (χ1v) is 37.8. The predicted octanol–water partition coefficient (Wildman–Crippen LogP) is 11.2. The first-order valence-electron chi connectivity index (χ1n) is 36.6. The Balaban J connectivity index is 0.000000688. The first-order chi connectivity index (χ1) is 47.7. The molecule has 4 aromatic rings. The third kappa shape index (κ3) is 28.8. The van der Waals surface area contributed by atoms with E-state index in [4.69, 9.17) is 7.48 Å². The van der Waals surface area contributed by atoms with Gasteiger partial charge in [0, 0.05) is 145 Å². The normalized spacial score (nSPS) is 17.9. The van der Waals surface area contributed by atoms with E-state index in [0.29, 0.717) is 78.3 Å². The van der Waals surface area contributed by atoms with Crippen molar-refractivity contribution in [3.8, 4) is 0 Å². The van der Waals surface area contributed by atoms with Gasteiger partial charge in [-0.15, -0.1) is 22.7 Å². The third-order valence-corrected chi connectivity index (χ3v) is 21.8. The van der Waals surface area contributed by atoms with Gasteiger partial charge in [0.1, 0.15) is 40.0 Å². The van der Waals surface area contributed by atoms with Crippen LogP contribution in [-0.4, -0.2) is 171 Å². The number of nitrogens with one attached hydrogen (secondary N) is 4. The monoisotopic (exact) mass is 1900 g/mol. The fourth-order valence-electron chi connectivity index (χ4n) is 13.0. The molecule has 0 aliphatic carbocycles. The average Bonchev–Trinajstić information content (AvgIpc) is 1.27. The van der Waals surface area contributed by atoms with Crippen LogP contribution in [0.5, 0.6) is 0 Å². The van der Waals surface area contributed by atoms with E-state index < -0.39 is 30.1 Å². The molecule has 0 bridgehead atoms. The van der Waals surface area contributed by atoms with Crippen LogP contribution in [0, 0.1) is 79.1 Å². The fraction of sp³-hybridized carbons (Fsp3) is 0.632. The summed E-state index contributed by atoms with van der Waals surface area (Å²) in [5.41, 5.74) is 2.26. The maximum Gasteiger partial charge on any atom is 0.303 e. The summed E-state index contributed by atoms with van der Waals surface area (Å²) < 4.78 is 21.4. The maximum atomic E-state index is 14.3. The number of carbonyl (C=O) groups excluding carboxylic acids is 9. The number of carbonyl (C=O) groups is 9. The van der Waals surface area contributed by atoms with Crippen molar-refractivity contribution in [2.75, 3.05) is 40.3 Å². The molecule has 6 rings (SSSR count). The molecule has 563 valence electrons. The van der Waals surface area contributed by atoms with E-state index in [-0.39, 0.29) is 202 Å². The van der Waals surface area contributed by atoms with Crippen molar-refractivity contribution in [2.45, 2.75) is 240 Å². The van der Waals surface area contributed by atoms with Crippen molar-refractivity contribution in [3.05, 3.63) is 104 Å². The zero-order valence-electron chi connectivity index (χ0n) is 65.1. The van der Waals surface area contributed by atoms with Crippen LogP contribution in [0.25, 0.3) is 0 Å². The number of rotatable bonds is 37. The summed E-state index contributed by atoms with van der Waals surface area (Å²) in [5, 5.41) is 16.8. The number of likely N-dealkylation sites (N-methyl/N-ethyl adjacent to an activating group) is 4. The molecule has 2 aromatic heterocycles. The van der Waals surface area contributed by atoms with Crippen LogP contribution in [0.3, 0.4) is 0 Å². The van der Waals surface area contributed by atoms with Gasteiger partial charge in [0.05, 0.1) is 13.5 Å². The van der Waals surface area contributed by atoms with Crippen molar-refractivity contribution in [2.24, 2.45) is 35.5 Å². The number of esters is 1. The Bertz CT molecular complexity index is 3410. The Morgan fingerprint density at radius 2 is 1.15 bits per heavy atom. The van der Waals surface area contributed by atoms with E-state index >= 15 is 0 Å². The number of nitrogens with zero attached hydrogens (tertiary/aromatic N) is 6. The van der Waals surface area contributed by atoms with E-state index in [1.807, 2.05) is 112 Å². The number of benzene rings is 2. The molecule has 1 radical (unpaired) electrons. The molecular weight excluding hydrogens is 1780 g/mol. The number of ether oxygens (including phenoxy) is 1. The molecule has 4 N–H and O–H groups in total. The molecule has 2 aromatic carbocycles. The summed E-state index contributed by atoms with van der Waals surface area (Å²) in [6.45, 7) is 30.8. The molecule has 2 saturated heterocycles. The number of ketones is 2. The Kier molecular flexibility index (Phi) is 41.4. The summed E-state index contributed by atoms with van der Waals surface area (Å²) in [6, 6.07) is 11.1. The molecular formula is C76H114N10O10S3UVW-2. The van der Waals surface area contributed by atoms with Gasteiger partial charge in [-0.05, 0) is 134 Å². The molecule has 2 fully saturated rings. The second-order valence-corrected chi connectivity index (χ2v) is 30.2. The Morgan fingerprint density at radius 3 is 1.57 bits per heavy atom. The van der Waals surface area contributed by atoms with Crippen molar-refractivity contribution >= 4 is 88.3 Å². The van der Waals surface area contributed by atoms with Crippen LogP contribution in [0.4, 0.5) is 0 Å². The van der Waals surface area contributed by atoms with Gasteiger partial charge >= 0.3 is 5.97 Å². The molecule has 13 atom stereocenters. The smallest absolute Gasteiger partial charge is 0.303 e. The fourth-order valence-corrected chi connectivity index (χ4v) is 14.8. The summed E-state index contributed by atoms with van der Waals surface area (Å²) in [4.78, 5) is 136. The molecule has 0 saturated carbocycles. The Hall–Kier alpha value is -4.21. The van der Waals surface area contributed by atoms with Gasteiger partial charge in [-0.2, -0.15) is 41.1 Å². The molecule has 102 heavy (non-hydrogen) atoms. The molecule has 26 heteroatoms. The average molecular weight is 1900 g/mol. The standard InChI is InChI=1S/C39H59N5O6S.C37H55N5O4S2.U.V.W/c1-10-25(5)35(42-37(48)32-18-15-19-43(32)9)39(49)44(11-2)33(24(3)4)22-34(50-28(8)46)38-41-31(23-51-38)36(47)40-30(20-26(6)27(7)45)21-29-16-13-12-14-17-29;1-9-24(5)34(40-36(45)32-15-12-18-41(32)8)37(46)42(10-2)31(23(3)4)16-17-33-39-30(22-48-33)35(44)38-28(19-25(6)26(7)43)20-27-13-11-14-29(47)21-27;;;/h12-14,16-17,23-26,30,32-35H,10-11,15,18-22H2,1-9H3,(H,40,47)(H,42,48);13-14,17,21-25,28,31-32,34,47H,9-10,12,15-16,18-20H2,1-8H3,(H,38,44)(H,40,45);;;/q;-2;;;/i12T;14T;;;. The van der Waals surface area contributed by atoms with E-state index in [0.717, 1.165) is 56.3 Å². The summed E-state index contributed by atoms with van der Waals surface area (Å²) >= 11 is 6.92. The quantitative estimate of drug-likeness (QED) is 0.0160. The second-order valence-electron chi connectivity index (χ2n) is 28.0. The predicted molar refractivity (Wildman–Crippen MR) is 395 cm³/mol. The number of thiol groups is 1. The molecule has 13 unspecified atom stereocenters. The van der Waals surface area contributed by atoms with E-state index in [2.05, 4.69) is 68.7 Å². The van der Waals surface area contributed by atoms with Crippen LogP contribution < -0.4 is 21.3 Å². The molecule has 2 aliphatic rings. The van der Waals surface area contributed by atoms with Gasteiger partial charge < -0.3 is 42.2 Å². The molecule has 2 aliphatic heterocycles. The van der Waals surface area contributed by atoms with Crippen LogP contribution in [-0.2, 0) is 90.8 Å². The number of Topliss-reactive ketones (excluding diaryl/α,β-unsaturated/α-hetero) is 2. The minimum Gasteiger partial charge on any atom is -0.455 e. The number of hydrogen-bond donors (Lipinski definition) is 5. The summed E-state index contributed by atoms with van der Waals surface area (Å²) in [6.07, 6.45) is 8.72. The van der Waals surface area contributed by atoms with Crippen molar-refractivity contribution < 1.29 is 121 Å². The Morgan fingerprint density at radius 1 is 0.686 bits per heavy atom. The molecule has 0 spiro atoms. The zero-order valence-corrected chi connectivity index (χ0v) is 74.1. The number of thiazole rings is 2. The van der Waals surface area contributed by atoms with Gasteiger partial charge in [-0.3, -0.25) is 57.9 Å². The van der Waals surface area contributed by atoms with Gasteiger partial charge in [0.25, 0.3) is 11.8 Å². The van der Waals surface area contributed by atoms with E-state index in [9.17, 15) is 43.2 Å². The number of hydrogen-bond acceptors (Lipinski definition) is 17. The number of likely N-dealkylation sites (tertiary alicyclic amines) is 2. The van der Waals surface area contributed by atoms with Gasteiger partial charge in [0.2, 0.25) is 23.6 Å². The number of aromatic nitrogens is 2. The van der Waals surface area contributed by atoms with Crippen LogP contribution >= 0.6 is 35.3 Å². The topological polar surface area (TPSA) is 250 Å². The second kappa shape index (κ2) is 46.8. The third-order valence-electron chi connectivity index (χ3n) is 19.7. The molecule has 20 nitrogen and oxygen atoms in total. The van der Waals surface area contributed by atoms with E-state index in [1.54, 1.807) is 46.8 Å². The van der Waals surface area contributed by atoms with Crippen molar-refractivity contribution in [1.29, 1.82) is 0 Å². The van der Waals surface area contributed by atoms with E-state index in [1.165, 1.54) is 36.5 Å². The molecule has 4 heterocycles. The van der Waals surface area contributed by atoms with Gasteiger partial charge in [-0.25, -0.2) is 17.6 Å². The summed E-state index contributed by atoms with van der Waals surface area (Å²) in [7, 11) is 3.89. The first kappa shape index (κ1) is 90.2. The van der Waals surface area contributed by atoms with Crippen LogP contribution in [0.2, 0.25) is 0 Å². The maximum absolute atomic E-state index is 14.3.